The number of hydrogen-bond donors (Lipinski definition) is 2. The number of aromatic nitrogens is 1. The summed E-state index contributed by atoms with van der Waals surface area (Å²) in [6, 6.07) is 5.42. The van der Waals surface area contributed by atoms with Gasteiger partial charge in [-0.1, -0.05) is 26.0 Å². The predicted octanol–water partition coefficient (Wildman–Crippen LogP) is 4.12. The molecule has 0 aliphatic heterocycles. The summed E-state index contributed by atoms with van der Waals surface area (Å²) in [5.41, 5.74) is -1.28. The SMILES string of the molecule is C=C(C(=O)NCc1ccc(NS(C)(=O)=O)c(F)c1)c1ccc(C(F)(F)F)nc1OCCCC. The molecule has 0 atom stereocenters. The minimum atomic E-state index is -4.69. The summed E-state index contributed by atoms with van der Waals surface area (Å²) in [6.07, 6.45) is -2.49. The molecule has 0 spiro atoms. The number of rotatable bonds is 10. The third-order valence-electron chi connectivity index (χ3n) is 4.27. The van der Waals surface area contributed by atoms with Crippen molar-refractivity contribution < 1.29 is 35.5 Å². The fourth-order valence-corrected chi connectivity index (χ4v) is 3.18. The Labute approximate surface area is 188 Å². The van der Waals surface area contributed by atoms with Crippen molar-refractivity contribution in [2.45, 2.75) is 32.5 Å². The van der Waals surface area contributed by atoms with E-state index in [9.17, 15) is 30.8 Å². The zero-order valence-corrected chi connectivity index (χ0v) is 18.7. The van der Waals surface area contributed by atoms with Crippen molar-refractivity contribution in [1.82, 2.24) is 10.3 Å². The Morgan fingerprint density at radius 1 is 1.21 bits per heavy atom. The Balaban J connectivity index is 2.15. The van der Waals surface area contributed by atoms with Crippen LogP contribution in [0.4, 0.5) is 23.2 Å². The van der Waals surface area contributed by atoms with E-state index < -0.39 is 33.6 Å². The number of benzene rings is 1. The molecule has 7 nitrogen and oxygen atoms in total. The highest BCUT2D eigenvalue weighted by Gasteiger charge is 2.33. The van der Waals surface area contributed by atoms with Crippen LogP contribution in [0.2, 0.25) is 0 Å². The zero-order chi connectivity index (χ0) is 24.8. The topological polar surface area (TPSA) is 97.4 Å². The molecule has 0 saturated carbocycles. The second kappa shape index (κ2) is 10.6. The molecule has 0 aliphatic rings. The van der Waals surface area contributed by atoms with Crippen LogP contribution in [0.1, 0.15) is 36.6 Å². The highest BCUT2D eigenvalue weighted by atomic mass is 32.2. The van der Waals surface area contributed by atoms with Gasteiger partial charge in [0.1, 0.15) is 11.5 Å². The van der Waals surface area contributed by atoms with Crippen LogP contribution in [0.5, 0.6) is 5.88 Å². The summed E-state index contributed by atoms with van der Waals surface area (Å²) in [6.45, 7) is 5.47. The van der Waals surface area contributed by atoms with Crippen molar-refractivity contribution in [2.24, 2.45) is 0 Å². The fourth-order valence-electron chi connectivity index (χ4n) is 2.61. The van der Waals surface area contributed by atoms with E-state index in [1.165, 1.54) is 12.1 Å². The Morgan fingerprint density at radius 2 is 1.91 bits per heavy atom. The molecule has 1 aromatic carbocycles. The average molecular weight is 489 g/mol. The number of nitrogens with one attached hydrogen (secondary N) is 2. The highest BCUT2D eigenvalue weighted by Crippen LogP contribution is 2.32. The standard InChI is InChI=1S/C21H23F4N3O4S/c1-4-5-10-32-20-15(7-9-18(27-20)21(23,24)25)13(2)19(29)26-12-14-6-8-17(16(22)11-14)28-33(3,30)31/h6-9,11,28H,2,4-5,10,12H2,1,3H3,(H,26,29). The van der Waals surface area contributed by atoms with E-state index in [1.807, 2.05) is 11.6 Å². The molecular formula is C21H23F4N3O4S. The third kappa shape index (κ3) is 7.74. The number of nitrogens with zero attached hydrogens (tertiary/aromatic N) is 1. The number of amides is 1. The van der Waals surface area contributed by atoms with E-state index in [2.05, 4.69) is 16.9 Å². The zero-order valence-electron chi connectivity index (χ0n) is 17.9. The lowest BCUT2D eigenvalue weighted by atomic mass is 10.1. The summed E-state index contributed by atoms with van der Waals surface area (Å²) >= 11 is 0. The monoisotopic (exact) mass is 489 g/mol. The molecule has 2 rings (SSSR count). The molecule has 1 amide bonds. The summed E-state index contributed by atoms with van der Waals surface area (Å²) in [4.78, 5) is 16.0. The van der Waals surface area contributed by atoms with Gasteiger partial charge in [-0.2, -0.15) is 13.2 Å². The third-order valence-corrected chi connectivity index (χ3v) is 4.86. The number of carbonyl (C=O) groups is 1. The highest BCUT2D eigenvalue weighted by molar-refractivity contribution is 7.92. The minimum absolute atomic E-state index is 0.00418. The van der Waals surface area contributed by atoms with E-state index in [-0.39, 0.29) is 35.9 Å². The first-order valence-electron chi connectivity index (χ1n) is 9.76. The van der Waals surface area contributed by atoms with E-state index in [1.54, 1.807) is 0 Å². The van der Waals surface area contributed by atoms with Crippen LogP contribution in [0, 0.1) is 5.82 Å². The van der Waals surface area contributed by atoms with Gasteiger partial charge in [0.15, 0.2) is 0 Å². The van der Waals surface area contributed by atoms with Gasteiger partial charge in [-0.05, 0) is 36.2 Å². The molecule has 2 aromatic rings. The first kappa shape index (κ1) is 26.1. The number of sulfonamides is 1. The van der Waals surface area contributed by atoms with Crippen molar-refractivity contribution in [3.8, 4) is 5.88 Å². The van der Waals surface area contributed by atoms with Crippen molar-refractivity contribution in [1.29, 1.82) is 0 Å². The molecule has 12 heteroatoms. The van der Waals surface area contributed by atoms with Crippen LogP contribution in [0.25, 0.3) is 5.57 Å². The van der Waals surface area contributed by atoms with Gasteiger partial charge >= 0.3 is 6.18 Å². The lowest BCUT2D eigenvalue weighted by Gasteiger charge is -2.15. The lowest BCUT2D eigenvalue weighted by Crippen LogP contribution is -2.24. The number of alkyl halides is 3. The number of carbonyl (C=O) groups excluding carboxylic acids is 1. The Bertz CT molecular complexity index is 1130. The van der Waals surface area contributed by atoms with E-state index in [4.69, 9.17) is 4.74 Å². The molecular weight excluding hydrogens is 466 g/mol. The van der Waals surface area contributed by atoms with Gasteiger partial charge in [0, 0.05) is 17.7 Å². The maximum Gasteiger partial charge on any atom is 0.433 e. The van der Waals surface area contributed by atoms with Crippen LogP contribution in [0.3, 0.4) is 0 Å². The number of unbranched alkanes of at least 4 members (excludes halogenated alkanes) is 1. The molecule has 0 unspecified atom stereocenters. The minimum Gasteiger partial charge on any atom is -0.477 e. The second-order valence-corrected chi connectivity index (χ2v) is 8.85. The van der Waals surface area contributed by atoms with Gasteiger partial charge in [0.05, 0.1) is 18.6 Å². The first-order valence-corrected chi connectivity index (χ1v) is 11.7. The van der Waals surface area contributed by atoms with E-state index in [0.29, 0.717) is 12.0 Å². The normalized spacial score (nSPS) is 11.7. The molecule has 33 heavy (non-hydrogen) atoms. The molecule has 0 bridgehead atoms. The molecule has 0 radical (unpaired) electrons. The first-order chi connectivity index (χ1) is 15.3. The van der Waals surface area contributed by atoms with Gasteiger partial charge in [0.25, 0.3) is 5.91 Å². The molecule has 1 heterocycles. The van der Waals surface area contributed by atoms with Gasteiger partial charge in [0.2, 0.25) is 15.9 Å². The van der Waals surface area contributed by atoms with E-state index >= 15 is 0 Å². The van der Waals surface area contributed by atoms with Gasteiger partial charge in [-0.3, -0.25) is 9.52 Å². The Morgan fingerprint density at radius 3 is 2.48 bits per heavy atom. The van der Waals surface area contributed by atoms with Crippen molar-refractivity contribution >= 4 is 27.2 Å². The van der Waals surface area contributed by atoms with Crippen LogP contribution in [0.15, 0.2) is 36.9 Å². The smallest absolute Gasteiger partial charge is 0.433 e. The maximum absolute atomic E-state index is 14.1. The molecule has 0 saturated heterocycles. The Hall–Kier alpha value is -3.15. The van der Waals surface area contributed by atoms with Crippen molar-refractivity contribution in [2.75, 3.05) is 17.6 Å². The van der Waals surface area contributed by atoms with Crippen LogP contribution in [-0.4, -0.2) is 32.2 Å². The summed E-state index contributed by atoms with van der Waals surface area (Å²) in [7, 11) is -3.66. The fraction of sp³-hybridized carbons (Fsp3) is 0.333. The summed E-state index contributed by atoms with van der Waals surface area (Å²) in [5.74, 6) is -1.93. The maximum atomic E-state index is 14.1. The molecule has 180 valence electrons. The molecule has 0 fully saturated rings. The number of anilines is 1. The number of hydrogen-bond acceptors (Lipinski definition) is 5. The largest absolute Gasteiger partial charge is 0.477 e. The Kier molecular flexibility index (Phi) is 8.42. The van der Waals surface area contributed by atoms with Gasteiger partial charge in [-0.15, -0.1) is 0 Å². The average Bonchev–Trinajstić information content (AvgIpc) is 2.72. The predicted molar refractivity (Wildman–Crippen MR) is 115 cm³/mol. The quantitative estimate of drug-likeness (QED) is 0.297. The van der Waals surface area contributed by atoms with Crippen LogP contribution in [-0.2, 0) is 27.5 Å². The van der Waals surface area contributed by atoms with Crippen molar-refractivity contribution in [3.05, 3.63) is 59.5 Å². The van der Waals surface area contributed by atoms with Gasteiger partial charge < -0.3 is 10.1 Å². The second-order valence-electron chi connectivity index (χ2n) is 7.10. The molecule has 0 aliphatic carbocycles. The number of pyridine rings is 1. The summed E-state index contributed by atoms with van der Waals surface area (Å²) in [5, 5.41) is 2.48. The lowest BCUT2D eigenvalue weighted by molar-refractivity contribution is -0.141. The van der Waals surface area contributed by atoms with Crippen LogP contribution >= 0.6 is 0 Å². The van der Waals surface area contributed by atoms with Crippen molar-refractivity contribution in [3.63, 3.8) is 0 Å². The van der Waals surface area contributed by atoms with Crippen LogP contribution < -0.4 is 14.8 Å². The molecule has 1 aromatic heterocycles. The van der Waals surface area contributed by atoms with E-state index in [0.717, 1.165) is 30.9 Å². The van der Waals surface area contributed by atoms with Gasteiger partial charge in [-0.25, -0.2) is 17.8 Å². The number of ether oxygens (including phenoxy) is 1. The number of halogens is 4. The molecule has 2 N–H and O–H groups in total. The summed E-state index contributed by atoms with van der Waals surface area (Å²) < 4.78 is 83.0.